The quantitative estimate of drug-likeness (QED) is 0.134. The zero-order valence-corrected chi connectivity index (χ0v) is 46.3. The van der Waals surface area contributed by atoms with Gasteiger partial charge in [-0.1, -0.05) is 203 Å². The molecule has 7 aromatic carbocycles. The molecular formula is C66H71BN2Si. The van der Waals surface area contributed by atoms with Crippen molar-refractivity contribution in [1.82, 2.24) is 9.13 Å². The number of aromatic nitrogens is 2. The Morgan fingerprint density at radius 1 is 0.386 bits per heavy atom. The zero-order chi connectivity index (χ0) is 49.7. The summed E-state index contributed by atoms with van der Waals surface area (Å²) in [5, 5.41) is 11.9. The van der Waals surface area contributed by atoms with Gasteiger partial charge >= 0.3 is 0 Å². The molecule has 0 unspecified atom stereocenters. The van der Waals surface area contributed by atoms with E-state index in [0.717, 1.165) is 0 Å². The number of fused-ring (bicyclic) bond motifs is 14. The molecule has 2 nitrogen and oxygen atoms in total. The van der Waals surface area contributed by atoms with Crippen molar-refractivity contribution in [3.05, 3.63) is 137 Å². The third-order valence-corrected chi connectivity index (χ3v) is 22.4. The Labute approximate surface area is 418 Å². The van der Waals surface area contributed by atoms with E-state index in [1.54, 1.807) is 20.7 Å². The average Bonchev–Trinajstić information content (AvgIpc) is 3.89. The van der Waals surface area contributed by atoms with E-state index >= 15 is 0 Å². The molecule has 0 N–H and O–H groups in total. The van der Waals surface area contributed by atoms with Gasteiger partial charge in [-0.2, -0.15) is 0 Å². The molecule has 0 atom stereocenters. The third kappa shape index (κ3) is 5.42. The number of hydrogen-bond acceptors (Lipinski definition) is 0. The molecule has 4 aliphatic heterocycles. The van der Waals surface area contributed by atoms with Crippen molar-refractivity contribution in [3.63, 3.8) is 0 Å². The van der Waals surface area contributed by atoms with Gasteiger partial charge in [-0.15, -0.1) is 0 Å². The second-order valence-electron chi connectivity index (χ2n) is 28.3. The van der Waals surface area contributed by atoms with Crippen LogP contribution in [0.2, 0.25) is 0 Å². The fourth-order valence-electron chi connectivity index (χ4n) is 13.9. The van der Waals surface area contributed by atoms with Crippen LogP contribution in [0.3, 0.4) is 0 Å². The largest absolute Gasteiger partial charge is 0.310 e. The Hall–Kier alpha value is -5.58. The lowest BCUT2D eigenvalue weighted by Crippen LogP contribution is -2.77. The molecule has 0 amide bonds. The summed E-state index contributed by atoms with van der Waals surface area (Å²) in [5.74, 6) is 0. The van der Waals surface area contributed by atoms with Crippen molar-refractivity contribution >= 4 is 95.5 Å². The van der Waals surface area contributed by atoms with E-state index in [2.05, 4.69) is 237 Å². The van der Waals surface area contributed by atoms with Crippen LogP contribution in [0, 0.1) is 0 Å². The molecule has 4 heteroatoms. The maximum Gasteiger partial charge on any atom is 0.252 e. The molecule has 0 saturated carbocycles. The van der Waals surface area contributed by atoms with E-state index in [9.17, 15) is 0 Å². The van der Waals surface area contributed by atoms with E-state index in [1.807, 2.05) is 0 Å². The first-order valence-corrected chi connectivity index (χ1v) is 28.3. The predicted octanol–water partition coefficient (Wildman–Crippen LogP) is 12.5. The van der Waals surface area contributed by atoms with Crippen molar-refractivity contribution in [2.45, 2.75) is 157 Å². The molecule has 0 fully saturated rings. The third-order valence-electron chi connectivity index (χ3n) is 17.5. The van der Waals surface area contributed by atoms with Crippen LogP contribution in [0.5, 0.6) is 0 Å². The standard InChI is InChI=1S/C66H71BN2Si/c1-61(2,3)36-22-24-40-41-25-23-37(62(4,5)6)34-52(41)70(51(40)33-36)50-29-28-49-56-60(50)69-57-42(43-31-39(64(10,11)12)35-53(70)58(43)69)30-38(63(7,8)9)32-47(57)67(56)46-27-26-45(66(16,17)18)55-54-44(65(13,14)15)20-19-21-48(54)68(49)59(46)55/h19-35H,1-18H3. The maximum atomic E-state index is 2.84. The van der Waals surface area contributed by atoms with Crippen molar-refractivity contribution in [2.24, 2.45) is 0 Å². The van der Waals surface area contributed by atoms with Gasteiger partial charge in [0.2, 0.25) is 0 Å². The van der Waals surface area contributed by atoms with Crippen LogP contribution in [0.25, 0.3) is 66.1 Å². The van der Waals surface area contributed by atoms with Gasteiger partial charge in [-0.25, -0.2) is 0 Å². The topological polar surface area (TPSA) is 9.86 Å². The van der Waals surface area contributed by atoms with E-state index < -0.39 is 8.07 Å². The lowest BCUT2D eigenvalue weighted by atomic mass is 9.34. The lowest BCUT2D eigenvalue weighted by Gasteiger charge is -2.43. The first-order chi connectivity index (χ1) is 32.5. The summed E-state index contributed by atoms with van der Waals surface area (Å²) in [6.45, 7) is 43.4. The molecule has 2 aromatic heterocycles. The second-order valence-corrected chi connectivity index (χ2v) is 31.9. The van der Waals surface area contributed by atoms with Crippen LogP contribution in [0.4, 0.5) is 0 Å². The number of benzene rings is 7. The minimum Gasteiger partial charge on any atom is -0.310 e. The monoisotopic (exact) mass is 931 g/mol. The molecule has 0 bridgehead atoms. The number of rotatable bonds is 0. The molecule has 0 radical (unpaired) electrons. The normalized spacial score (nSPS) is 15.7. The van der Waals surface area contributed by atoms with Gasteiger partial charge in [0, 0.05) is 44.0 Å². The lowest BCUT2D eigenvalue weighted by molar-refractivity contribution is 0.590. The summed E-state index contributed by atoms with van der Waals surface area (Å²) >= 11 is 0. The highest BCUT2D eigenvalue weighted by molar-refractivity contribution is 7.24. The fourth-order valence-corrected chi connectivity index (χ4v) is 19.6. The van der Waals surface area contributed by atoms with Gasteiger partial charge in [0.25, 0.3) is 6.71 Å². The molecule has 352 valence electrons. The summed E-state index contributed by atoms with van der Waals surface area (Å²) in [6, 6.07) is 43.5. The van der Waals surface area contributed by atoms with E-state index in [4.69, 9.17) is 0 Å². The minimum absolute atomic E-state index is 0.0159. The maximum absolute atomic E-state index is 3.11. The van der Waals surface area contributed by atoms with Crippen LogP contribution in [-0.4, -0.2) is 23.9 Å². The Bertz CT molecular complexity index is 3820. The summed E-state index contributed by atoms with van der Waals surface area (Å²) in [5.41, 5.74) is 23.9. The van der Waals surface area contributed by atoms with Crippen LogP contribution in [0.15, 0.2) is 103 Å². The Morgan fingerprint density at radius 3 is 1.47 bits per heavy atom. The Balaban J connectivity index is 1.32. The van der Waals surface area contributed by atoms with Gasteiger partial charge in [0.1, 0.15) is 0 Å². The van der Waals surface area contributed by atoms with E-state index in [1.165, 1.54) is 116 Å². The summed E-state index contributed by atoms with van der Waals surface area (Å²) in [6.07, 6.45) is 0. The van der Waals surface area contributed by atoms with E-state index in [-0.39, 0.29) is 39.2 Å². The van der Waals surface area contributed by atoms with Crippen molar-refractivity contribution in [2.75, 3.05) is 0 Å². The SMILES string of the molecule is CC(C)(C)c1ccc2c(c1)[Si]1(c3cc(C(C)(C)C)ccc3-2)c2ccc3c4c2-n2c5c(cc(C(C)(C)C)cc5c5cc(C(C)(C)C)cc1c52)B4c1ccc(C(C)(C)C)c2c4c(C(C)(C)C)cccc4n-3c12. The van der Waals surface area contributed by atoms with Gasteiger partial charge in [-0.05, 0) is 138 Å². The zero-order valence-electron chi connectivity index (χ0n) is 45.3. The summed E-state index contributed by atoms with van der Waals surface area (Å²) < 4.78 is 5.58. The highest BCUT2D eigenvalue weighted by Crippen LogP contribution is 2.48. The number of hydrogen-bond donors (Lipinski definition) is 0. The Morgan fingerprint density at radius 2 is 0.914 bits per heavy atom. The molecule has 70 heavy (non-hydrogen) atoms. The Kier molecular flexibility index (Phi) is 8.29. The van der Waals surface area contributed by atoms with Crippen molar-refractivity contribution < 1.29 is 0 Å². The van der Waals surface area contributed by atoms with Crippen molar-refractivity contribution in [1.29, 1.82) is 0 Å². The van der Waals surface area contributed by atoms with Crippen LogP contribution >= 0.6 is 0 Å². The highest BCUT2D eigenvalue weighted by atomic mass is 28.3. The van der Waals surface area contributed by atoms with Crippen LogP contribution in [-0.2, 0) is 32.5 Å². The van der Waals surface area contributed by atoms with Gasteiger partial charge in [-0.3, -0.25) is 0 Å². The molecule has 6 heterocycles. The predicted molar refractivity (Wildman–Crippen MR) is 308 cm³/mol. The van der Waals surface area contributed by atoms with Crippen LogP contribution in [0.1, 0.15) is 158 Å². The molecule has 9 aromatic rings. The number of nitrogens with zero attached hydrogens (tertiary/aromatic N) is 2. The molecule has 13 rings (SSSR count). The highest BCUT2D eigenvalue weighted by Gasteiger charge is 2.57. The average molecular weight is 931 g/mol. The van der Waals surface area contributed by atoms with Gasteiger partial charge in [0.05, 0.1) is 11.0 Å². The van der Waals surface area contributed by atoms with Gasteiger partial charge < -0.3 is 9.13 Å². The van der Waals surface area contributed by atoms with E-state index in [0.29, 0.717) is 0 Å². The summed E-state index contributed by atoms with van der Waals surface area (Å²) in [4.78, 5) is 0. The van der Waals surface area contributed by atoms with Gasteiger partial charge in [0.15, 0.2) is 8.07 Å². The molecular weight excluding hydrogens is 860 g/mol. The minimum atomic E-state index is -3.11. The fraction of sp³-hybridized carbons (Fsp3) is 0.364. The van der Waals surface area contributed by atoms with Crippen molar-refractivity contribution in [3.8, 4) is 22.5 Å². The van der Waals surface area contributed by atoms with Crippen LogP contribution < -0.4 is 37.1 Å². The first-order valence-electron chi connectivity index (χ1n) is 26.3. The molecule has 0 aliphatic carbocycles. The molecule has 4 aliphatic rings. The first kappa shape index (κ1) is 44.4. The summed E-state index contributed by atoms with van der Waals surface area (Å²) in [7, 11) is -3.11. The molecule has 1 spiro atoms. The smallest absolute Gasteiger partial charge is 0.252 e. The molecule has 0 saturated heterocycles. The second kappa shape index (κ2) is 13.1.